The van der Waals surface area contributed by atoms with Crippen LogP contribution in [-0.4, -0.2) is 27.9 Å². The van der Waals surface area contributed by atoms with Crippen LogP contribution < -0.4 is 10.9 Å². The first-order valence-electron chi connectivity index (χ1n) is 9.22. The van der Waals surface area contributed by atoms with Gasteiger partial charge in [0.2, 0.25) is 0 Å². The number of alkyl carbamates (subject to hydrolysis) is 1. The van der Waals surface area contributed by atoms with E-state index >= 15 is 0 Å². The highest BCUT2D eigenvalue weighted by Crippen LogP contribution is 2.62. The number of benzene rings is 1. The first kappa shape index (κ1) is 17.1. The van der Waals surface area contributed by atoms with Crippen LogP contribution in [0, 0.1) is 5.41 Å². The summed E-state index contributed by atoms with van der Waals surface area (Å²) < 4.78 is 5.32. The van der Waals surface area contributed by atoms with E-state index in [1.165, 1.54) is 0 Å². The average Bonchev–Trinajstić information content (AvgIpc) is 2.48. The molecular formula is C20H25N3O3. The van der Waals surface area contributed by atoms with E-state index in [9.17, 15) is 9.59 Å². The Morgan fingerprint density at radius 2 is 1.85 bits per heavy atom. The lowest BCUT2D eigenvalue weighted by Crippen LogP contribution is -2.56. The number of nitrogens with zero attached hydrogens (tertiary/aromatic N) is 1. The van der Waals surface area contributed by atoms with E-state index in [0.29, 0.717) is 16.7 Å². The molecule has 2 saturated carbocycles. The summed E-state index contributed by atoms with van der Waals surface area (Å²) in [5.41, 5.74) is 0.700. The van der Waals surface area contributed by atoms with Gasteiger partial charge in [-0.15, -0.1) is 0 Å². The molecule has 4 rings (SSSR count). The molecule has 0 atom stereocenters. The summed E-state index contributed by atoms with van der Waals surface area (Å²) in [4.78, 5) is 23.8. The Hall–Kier alpha value is -2.37. The molecule has 1 amide bonds. The first-order valence-corrected chi connectivity index (χ1v) is 9.22. The molecule has 2 aliphatic carbocycles. The largest absolute Gasteiger partial charge is 0.444 e. The molecule has 1 aromatic carbocycles. The van der Waals surface area contributed by atoms with Crippen LogP contribution >= 0.6 is 0 Å². The number of ether oxygens (including phenoxy) is 1. The van der Waals surface area contributed by atoms with Crippen molar-refractivity contribution in [3.05, 3.63) is 40.3 Å². The van der Waals surface area contributed by atoms with E-state index < -0.39 is 5.60 Å². The number of hydrogen-bond acceptors (Lipinski definition) is 4. The van der Waals surface area contributed by atoms with Crippen LogP contribution in [0.1, 0.15) is 58.1 Å². The molecule has 0 saturated heterocycles. The summed E-state index contributed by atoms with van der Waals surface area (Å²) in [5, 5.41) is 11.6. The van der Waals surface area contributed by atoms with Gasteiger partial charge >= 0.3 is 6.09 Å². The lowest BCUT2D eigenvalue weighted by Gasteiger charge is -2.57. The van der Waals surface area contributed by atoms with Crippen molar-refractivity contribution in [2.24, 2.45) is 5.41 Å². The van der Waals surface area contributed by atoms with Gasteiger partial charge in [0.25, 0.3) is 5.56 Å². The van der Waals surface area contributed by atoms with Gasteiger partial charge in [-0.2, -0.15) is 5.10 Å². The maximum atomic E-state index is 11.9. The third-order valence-corrected chi connectivity index (χ3v) is 5.55. The molecule has 2 aromatic rings. The Balaban J connectivity index is 1.37. The van der Waals surface area contributed by atoms with Crippen LogP contribution in [-0.2, 0) is 4.74 Å². The van der Waals surface area contributed by atoms with E-state index in [1.807, 2.05) is 45.0 Å². The fourth-order valence-corrected chi connectivity index (χ4v) is 4.52. The number of carbonyl (C=O) groups is 1. The Morgan fingerprint density at radius 1 is 1.19 bits per heavy atom. The highest BCUT2D eigenvalue weighted by molar-refractivity contribution is 5.84. The van der Waals surface area contributed by atoms with E-state index in [0.717, 1.165) is 36.8 Å². The highest BCUT2D eigenvalue weighted by atomic mass is 16.6. The quantitative estimate of drug-likeness (QED) is 0.864. The predicted octanol–water partition coefficient (Wildman–Crippen LogP) is 3.47. The Bertz CT molecular complexity index is 898. The standard InChI is InChI=1S/C20H25N3O3/c1-19(2,3)26-18(25)21-13-10-20(11-13)8-12(9-20)16-14-6-4-5-7-15(14)17(24)23-22-16/h4-7,12-13H,8-11H2,1-3H3,(H,21,25)(H,23,24)/t12-,13-,20?. The molecule has 0 radical (unpaired) electrons. The number of fused-ring (bicyclic) bond motifs is 1. The van der Waals surface area contributed by atoms with Crippen LogP contribution in [0.4, 0.5) is 4.79 Å². The summed E-state index contributed by atoms with van der Waals surface area (Å²) in [6, 6.07) is 7.85. The second kappa shape index (κ2) is 5.83. The topological polar surface area (TPSA) is 84.1 Å². The zero-order chi connectivity index (χ0) is 18.5. The number of rotatable bonds is 2. The van der Waals surface area contributed by atoms with Crippen molar-refractivity contribution in [2.45, 2.75) is 64.0 Å². The minimum absolute atomic E-state index is 0.136. The van der Waals surface area contributed by atoms with Gasteiger partial charge in [-0.25, -0.2) is 9.89 Å². The van der Waals surface area contributed by atoms with Crippen LogP contribution in [0.25, 0.3) is 10.8 Å². The van der Waals surface area contributed by atoms with Crippen molar-refractivity contribution in [1.29, 1.82) is 0 Å². The minimum atomic E-state index is -0.468. The molecule has 138 valence electrons. The number of aromatic amines is 1. The normalized spacial score (nSPS) is 27.7. The highest BCUT2D eigenvalue weighted by Gasteiger charge is 2.54. The van der Waals surface area contributed by atoms with E-state index in [1.54, 1.807) is 0 Å². The SMILES string of the molecule is CC(C)(C)OC(=O)N[C@H]1CC2(C1)C[C@H](c1n[nH]c(=O)c3ccccc31)C2. The molecule has 2 N–H and O–H groups in total. The summed E-state index contributed by atoms with van der Waals surface area (Å²) in [7, 11) is 0. The summed E-state index contributed by atoms with van der Waals surface area (Å²) >= 11 is 0. The summed E-state index contributed by atoms with van der Waals surface area (Å²) in [6.07, 6.45) is 3.76. The van der Waals surface area contributed by atoms with E-state index in [2.05, 4.69) is 15.5 Å². The molecule has 0 unspecified atom stereocenters. The van der Waals surface area contributed by atoms with Crippen molar-refractivity contribution >= 4 is 16.9 Å². The molecule has 26 heavy (non-hydrogen) atoms. The fourth-order valence-electron chi connectivity index (χ4n) is 4.52. The maximum Gasteiger partial charge on any atom is 0.407 e. The Morgan fingerprint density at radius 3 is 2.50 bits per heavy atom. The molecule has 6 nitrogen and oxygen atoms in total. The lowest BCUT2D eigenvalue weighted by atomic mass is 9.49. The van der Waals surface area contributed by atoms with Gasteiger partial charge in [0, 0.05) is 17.3 Å². The van der Waals surface area contributed by atoms with Gasteiger partial charge in [0.15, 0.2) is 0 Å². The zero-order valence-corrected chi connectivity index (χ0v) is 15.5. The van der Waals surface area contributed by atoms with Gasteiger partial charge in [0.05, 0.1) is 11.1 Å². The number of nitrogens with one attached hydrogen (secondary N) is 2. The number of amides is 1. The lowest BCUT2D eigenvalue weighted by molar-refractivity contribution is -0.0260. The van der Waals surface area contributed by atoms with Crippen LogP contribution in [0.3, 0.4) is 0 Å². The number of H-pyrrole nitrogens is 1. The number of hydrogen-bond donors (Lipinski definition) is 2. The predicted molar refractivity (Wildman–Crippen MR) is 99.2 cm³/mol. The molecule has 2 aliphatic rings. The molecule has 6 heteroatoms. The molecular weight excluding hydrogens is 330 g/mol. The number of carbonyl (C=O) groups excluding carboxylic acids is 1. The smallest absolute Gasteiger partial charge is 0.407 e. The fraction of sp³-hybridized carbons (Fsp3) is 0.550. The number of aromatic nitrogens is 2. The third-order valence-electron chi connectivity index (χ3n) is 5.55. The van der Waals surface area contributed by atoms with Gasteiger partial charge < -0.3 is 10.1 Å². The van der Waals surface area contributed by atoms with Gasteiger partial charge in [-0.05, 0) is 57.9 Å². The van der Waals surface area contributed by atoms with Crippen molar-refractivity contribution < 1.29 is 9.53 Å². The first-order chi connectivity index (χ1) is 12.2. The summed E-state index contributed by atoms with van der Waals surface area (Å²) in [5.74, 6) is 0.374. The van der Waals surface area contributed by atoms with Crippen molar-refractivity contribution in [3.63, 3.8) is 0 Å². The van der Waals surface area contributed by atoms with E-state index in [4.69, 9.17) is 4.74 Å². The van der Waals surface area contributed by atoms with Crippen LogP contribution in [0.15, 0.2) is 29.1 Å². The minimum Gasteiger partial charge on any atom is -0.444 e. The van der Waals surface area contributed by atoms with Gasteiger partial charge in [-0.3, -0.25) is 4.79 Å². The van der Waals surface area contributed by atoms with Crippen LogP contribution in [0.5, 0.6) is 0 Å². The molecule has 2 fully saturated rings. The Labute approximate surface area is 152 Å². The second-order valence-corrected chi connectivity index (χ2v) is 8.84. The van der Waals surface area contributed by atoms with Gasteiger partial charge in [0.1, 0.15) is 5.60 Å². The van der Waals surface area contributed by atoms with E-state index in [-0.39, 0.29) is 17.7 Å². The molecule has 0 bridgehead atoms. The summed E-state index contributed by atoms with van der Waals surface area (Å²) in [6.45, 7) is 5.60. The second-order valence-electron chi connectivity index (χ2n) is 8.84. The molecule has 1 aromatic heterocycles. The average molecular weight is 355 g/mol. The van der Waals surface area contributed by atoms with Crippen molar-refractivity contribution in [3.8, 4) is 0 Å². The molecule has 0 aliphatic heterocycles. The Kier molecular flexibility index (Phi) is 3.82. The maximum absolute atomic E-state index is 11.9. The van der Waals surface area contributed by atoms with Gasteiger partial charge in [-0.1, -0.05) is 18.2 Å². The van der Waals surface area contributed by atoms with Crippen molar-refractivity contribution in [2.75, 3.05) is 0 Å². The third kappa shape index (κ3) is 3.08. The van der Waals surface area contributed by atoms with Crippen molar-refractivity contribution in [1.82, 2.24) is 15.5 Å². The monoisotopic (exact) mass is 355 g/mol. The molecule has 1 heterocycles. The van der Waals surface area contributed by atoms with Crippen LogP contribution in [0.2, 0.25) is 0 Å². The molecule has 1 spiro atoms. The zero-order valence-electron chi connectivity index (χ0n) is 15.5.